The fraction of sp³-hybridized carbons (Fsp3) is 0.417. The number of hydrogen-bond acceptors (Lipinski definition) is 3. The molecule has 1 N–H and O–H groups in total. The first-order chi connectivity index (χ1) is 15.6. The number of aliphatic carboxylic acids is 1. The molecule has 0 saturated carbocycles. The van der Waals surface area contributed by atoms with Crippen molar-refractivity contribution >= 4 is 12.0 Å². The van der Waals surface area contributed by atoms with Crippen LogP contribution in [0.1, 0.15) is 36.5 Å². The number of alkyl halides is 3. The van der Waals surface area contributed by atoms with Gasteiger partial charge in [-0.15, -0.1) is 0 Å². The lowest BCUT2D eigenvalue weighted by Crippen LogP contribution is -2.41. The second-order valence-electron chi connectivity index (χ2n) is 7.97. The fourth-order valence-electron chi connectivity index (χ4n) is 4.04. The third-order valence-corrected chi connectivity index (χ3v) is 5.73. The van der Waals surface area contributed by atoms with Crippen molar-refractivity contribution in [2.24, 2.45) is 0 Å². The van der Waals surface area contributed by atoms with Crippen LogP contribution in [0.4, 0.5) is 18.0 Å². The zero-order valence-electron chi connectivity index (χ0n) is 18.6. The van der Waals surface area contributed by atoms with Crippen LogP contribution in [0.3, 0.4) is 0 Å². The van der Waals surface area contributed by atoms with Crippen molar-refractivity contribution < 1.29 is 32.6 Å². The number of rotatable bonds is 7. The van der Waals surface area contributed by atoms with Crippen molar-refractivity contribution in [1.29, 1.82) is 0 Å². The van der Waals surface area contributed by atoms with E-state index in [1.165, 1.54) is 18.1 Å². The highest BCUT2D eigenvalue weighted by Gasteiger charge is 2.32. The summed E-state index contributed by atoms with van der Waals surface area (Å²) in [5.41, 5.74) is 0.922. The quantitative estimate of drug-likeness (QED) is 0.623. The van der Waals surface area contributed by atoms with E-state index in [2.05, 4.69) is 0 Å². The first kappa shape index (κ1) is 24.4. The Kier molecular flexibility index (Phi) is 7.50. The molecule has 0 spiro atoms. The Bertz CT molecular complexity index is 1020. The number of halogens is 3. The van der Waals surface area contributed by atoms with Crippen LogP contribution in [0.2, 0.25) is 0 Å². The lowest BCUT2D eigenvalue weighted by molar-refractivity contribution is -0.138. The van der Waals surface area contributed by atoms with Crippen LogP contribution < -0.4 is 4.74 Å². The van der Waals surface area contributed by atoms with Gasteiger partial charge in [-0.25, -0.2) is 4.79 Å². The Balaban J connectivity index is 2.08. The molecule has 0 bridgehead atoms. The standard InChI is InChI=1S/C24H27F3N2O4/c1-3-28(23(32)29-10-4-5-11-29)15-17-14-18(24(25,26)27)7-8-19(17)20-12-16(13-22(30)31)6-9-21(20)33-2/h6-9,12,14H,3-5,10-11,13,15H2,1-2H3,(H,30,31). The summed E-state index contributed by atoms with van der Waals surface area (Å²) in [5.74, 6) is -0.619. The van der Waals surface area contributed by atoms with Crippen molar-refractivity contribution in [3.63, 3.8) is 0 Å². The van der Waals surface area contributed by atoms with Crippen LogP contribution in [0.5, 0.6) is 5.75 Å². The molecule has 0 aromatic heterocycles. The molecule has 1 fully saturated rings. The molecule has 3 rings (SSSR count). The number of likely N-dealkylation sites (tertiary alicyclic amines) is 1. The minimum absolute atomic E-state index is 0.0165. The van der Waals surface area contributed by atoms with Gasteiger partial charge in [0.15, 0.2) is 0 Å². The fourth-order valence-corrected chi connectivity index (χ4v) is 4.04. The average molecular weight is 464 g/mol. The molecule has 33 heavy (non-hydrogen) atoms. The number of amides is 2. The van der Waals surface area contributed by atoms with Gasteiger partial charge in [0, 0.05) is 31.7 Å². The predicted octanol–water partition coefficient (Wildman–Crippen LogP) is 5.05. The van der Waals surface area contributed by atoms with Gasteiger partial charge in [-0.05, 0) is 60.7 Å². The highest BCUT2D eigenvalue weighted by molar-refractivity contribution is 5.78. The van der Waals surface area contributed by atoms with Gasteiger partial charge in [-0.2, -0.15) is 13.2 Å². The van der Waals surface area contributed by atoms with Crippen LogP contribution in [0.15, 0.2) is 36.4 Å². The van der Waals surface area contributed by atoms with E-state index in [0.717, 1.165) is 25.0 Å². The minimum atomic E-state index is -4.54. The molecule has 0 radical (unpaired) electrons. The van der Waals surface area contributed by atoms with Gasteiger partial charge >= 0.3 is 18.2 Å². The van der Waals surface area contributed by atoms with E-state index in [0.29, 0.717) is 47.6 Å². The second-order valence-corrected chi connectivity index (χ2v) is 7.97. The molecular weight excluding hydrogens is 437 g/mol. The first-order valence-electron chi connectivity index (χ1n) is 10.8. The largest absolute Gasteiger partial charge is 0.496 e. The van der Waals surface area contributed by atoms with Crippen LogP contribution in [0, 0.1) is 0 Å². The van der Waals surface area contributed by atoms with Gasteiger partial charge in [0.05, 0.1) is 19.1 Å². The molecule has 2 amide bonds. The number of carboxylic acid groups (broad SMARTS) is 1. The van der Waals surface area contributed by atoms with E-state index in [1.807, 2.05) is 0 Å². The lowest BCUT2D eigenvalue weighted by atomic mass is 9.94. The van der Waals surface area contributed by atoms with Crippen LogP contribution >= 0.6 is 0 Å². The zero-order valence-corrected chi connectivity index (χ0v) is 18.6. The monoisotopic (exact) mass is 464 g/mol. The van der Waals surface area contributed by atoms with Crippen LogP contribution in [-0.4, -0.2) is 53.7 Å². The van der Waals surface area contributed by atoms with Crippen LogP contribution in [0.25, 0.3) is 11.1 Å². The predicted molar refractivity (Wildman–Crippen MR) is 117 cm³/mol. The van der Waals surface area contributed by atoms with Gasteiger partial charge in [0.25, 0.3) is 0 Å². The summed E-state index contributed by atoms with van der Waals surface area (Å²) < 4.78 is 45.9. The molecule has 1 aliphatic rings. The third-order valence-electron chi connectivity index (χ3n) is 5.73. The summed E-state index contributed by atoms with van der Waals surface area (Å²) in [6, 6.07) is 8.01. The van der Waals surface area contributed by atoms with Gasteiger partial charge in [-0.3, -0.25) is 4.79 Å². The average Bonchev–Trinajstić information content (AvgIpc) is 3.31. The minimum Gasteiger partial charge on any atom is -0.496 e. The van der Waals surface area contributed by atoms with Crippen molar-refractivity contribution in [1.82, 2.24) is 9.80 Å². The summed E-state index contributed by atoms with van der Waals surface area (Å²) >= 11 is 0. The van der Waals surface area contributed by atoms with E-state index in [4.69, 9.17) is 9.84 Å². The normalized spacial score (nSPS) is 13.8. The Morgan fingerprint density at radius 1 is 1.09 bits per heavy atom. The Morgan fingerprint density at radius 3 is 2.36 bits per heavy atom. The molecule has 6 nitrogen and oxygen atoms in total. The summed E-state index contributed by atoms with van der Waals surface area (Å²) in [7, 11) is 1.44. The molecule has 2 aromatic rings. The highest BCUT2D eigenvalue weighted by Crippen LogP contribution is 2.38. The maximum absolute atomic E-state index is 13.5. The zero-order chi connectivity index (χ0) is 24.2. The summed E-state index contributed by atoms with van der Waals surface area (Å²) in [5, 5.41) is 9.15. The Hall–Kier alpha value is -3.23. The summed E-state index contributed by atoms with van der Waals surface area (Å²) in [4.78, 5) is 27.4. The molecular formula is C24H27F3N2O4. The van der Waals surface area contributed by atoms with E-state index >= 15 is 0 Å². The van der Waals surface area contributed by atoms with E-state index in [1.54, 1.807) is 30.0 Å². The van der Waals surface area contributed by atoms with Crippen LogP contribution in [-0.2, 0) is 23.9 Å². The number of carboxylic acids is 1. The van der Waals surface area contributed by atoms with E-state index in [-0.39, 0.29) is 19.0 Å². The maximum atomic E-state index is 13.5. The SMILES string of the molecule is CCN(Cc1cc(C(F)(F)F)ccc1-c1cc(CC(=O)O)ccc1OC)C(=O)N1CCCC1. The van der Waals surface area contributed by atoms with Gasteiger partial charge in [0.2, 0.25) is 0 Å². The summed E-state index contributed by atoms with van der Waals surface area (Å²) in [6.45, 7) is 3.37. The number of benzene rings is 2. The van der Waals surface area contributed by atoms with Gasteiger partial charge in [-0.1, -0.05) is 12.1 Å². The molecule has 9 heteroatoms. The number of hydrogen-bond donors (Lipinski definition) is 1. The van der Waals surface area contributed by atoms with Crippen molar-refractivity contribution in [3.05, 3.63) is 53.1 Å². The van der Waals surface area contributed by atoms with Crippen molar-refractivity contribution in [2.45, 2.75) is 38.9 Å². The number of ether oxygens (including phenoxy) is 1. The lowest BCUT2D eigenvalue weighted by Gasteiger charge is -2.28. The van der Waals surface area contributed by atoms with E-state index < -0.39 is 17.7 Å². The number of nitrogens with zero attached hydrogens (tertiary/aromatic N) is 2. The highest BCUT2D eigenvalue weighted by atomic mass is 19.4. The Labute approximate surface area is 190 Å². The molecule has 1 aliphatic heterocycles. The number of methoxy groups -OCH3 is 1. The maximum Gasteiger partial charge on any atom is 0.416 e. The molecule has 0 aliphatic carbocycles. The number of urea groups is 1. The smallest absolute Gasteiger partial charge is 0.416 e. The second kappa shape index (κ2) is 10.1. The molecule has 0 atom stereocenters. The molecule has 178 valence electrons. The third kappa shape index (κ3) is 5.77. The van der Waals surface area contributed by atoms with Crippen molar-refractivity contribution in [3.8, 4) is 16.9 Å². The Morgan fingerprint density at radius 2 is 1.79 bits per heavy atom. The topological polar surface area (TPSA) is 70.1 Å². The van der Waals surface area contributed by atoms with Crippen molar-refractivity contribution in [2.75, 3.05) is 26.7 Å². The van der Waals surface area contributed by atoms with Gasteiger partial charge in [0.1, 0.15) is 5.75 Å². The first-order valence-corrected chi connectivity index (χ1v) is 10.8. The van der Waals surface area contributed by atoms with Gasteiger partial charge < -0.3 is 19.6 Å². The number of carbonyl (C=O) groups excluding carboxylic acids is 1. The molecule has 0 unspecified atom stereocenters. The molecule has 2 aromatic carbocycles. The molecule has 1 saturated heterocycles. The summed E-state index contributed by atoms with van der Waals surface area (Å²) in [6.07, 6.45) is -2.96. The van der Waals surface area contributed by atoms with E-state index in [9.17, 15) is 22.8 Å². The molecule has 1 heterocycles. The number of carbonyl (C=O) groups is 2.